The van der Waals surface area contributed by atoms with Crippen LogP contribution in [0.15, 0.2) is 40.7 Å². The lowest BCUT2D eigenvalue weighted by atomic mass is 10.2. The van der Waals surface area contributed by atoms with Gasteiger partial charge in [0.05, 0.1) is 12.0 Å². The lowest BCUT2D eigenvalue weighted by molar-refractivity contribution is 0.137. The fraction of sp³-hybridized carbons (Fsp3) is 0.250. The minimum Gasteiger partial charge on any atom is -0.356 e. The Labute approximate surface area is 99.2 Å². The van der Waals surface area contributed by atoms with Crippen LogP contribution in [0.4, 0.5) is 10.1 Å². The van der Waals surface area contributed by atoms with Crippen molar-refractivity contribution in [2.45, 2.75) is 13.2 Å². The van der Waals surface area contributed by atoms with E-state index in [0.717, 1.165) is 5.57 Å². The number of halogens is 1. The first-order valence-corrected chi connectivity index (χ1v) is 5.25. The minimum atomic E-state index is -0.328. The summed E-state index contributed by atoms with van der Waals surface area (Å²) in [5, 5.41) is 5.92. The van der Waals surface area contributed by atoms with Gasteiger partial charge in [-0.25, -0.2) is 9.38 Å². The highest BCUT2D eigenvalue weighted by Crippen LogP contribution is 2.19. The van der Waals surface area contributed by atoms with Gasteiger partial charge in [-0.2, -0.15) is 0 Å². The first-order valence-electron chi connectivity index (χ1n) is 5.25. The van der Waals surface area contributed by atoms with Crippen LogP contribution in [-0.2, 0) is 4.74 Å². The smallest absolute Gasteiger partial charge is 0.174 e. The van der Waals surface area contributed by atoms with E-state index >= 15 is 0 Å². The van der Waals surface area contributed by atoms with E-state index < -0.39 is 0 Å². The highest BCUT2D eigenvalue weighted by molar-refractivity contribution is 5.64. The number of methoxy groups -OCH3 is 1. The summed E-state index contributed by atoms with van der Waals surface area (Å²) in [5.74, 6) is 0.392. The molecule has 2 rings (SSSR count). The van der Waals surface area contributed by atoms with E-state index in [9.17, 15) is 4.39 Å². The minimum absolute atomic E-state index is 0.300. The van der Waals surface area contributed by atoms with Crippen LogP contribution in [-0.4, -0.2) is 19.7 Å². The van der Waals surface area contributed by atoms with Crippen LogP contribution in [0.3, 0.4) is 0 Å². The molecule has 0 saturated carbocycles. The van der Waals surface area contributed by atoms with Gasteiger partial charge >= 0.3 is 0 Å². The van der Waals surface area contributed by atoms with E-state index in [2.05, 4.69) is 15.6 Å². The van der Waals surface area contributed by atoms with Crippen LogP contribution in [0.25, 0.3) is 0 Å². The van der Waals surface area contributed by atoms with E-state index in [-0.39, 0.29) is 12.0 Å². The van der Waals surface area contributed by atoms with E-state index in [0.29, 0.717) is 11.5 Å². The monoisotopic (exact) mass is 235 g/mol. The Morgan fingerprint density at radius 1 is 1.41 bits per heavy atom. The van der Waals surface area contributed by atoms with Gasteiger partial charge in [-0.15, -0.1) is 0 Å². The molecule has 1 aromatic carbocycles. The van der Waals surface area contributed by atoms with Crippen molar-refractivity contribution in [3.05, 3.63) is 41.5 Å². The van der Waals surface area contributed by atoms with Crippen LogP contribution >= 0.6 is 0 Å². The number of rotatable bonds is 3. The first-order chi connectivity index (χ1) is 8.22. The molecule has 1 aromatic rings. The first kappa shape index (κ1) is 11.6. The maximum atomic E-state index is 13.5. The average Bonchev–Trinajstić information content (AvgIpc) is 2.34. The largest absolute Gasteiger partial charge is 0.356 e. The molecule has 1 unspecified atom stereocenters. The molecule has 0 amide bonds. The summed E-state index contributed by atoms with van der Waals surface area (Å²) in [6.07, 6.45) is 1.20. The molecule has 0 saturated heterocycles. The molecule has 1 heterocycles. The summed E-state index contributed by atoms with van der Waals surface area (Å²) in [6, 6.07) is 6.50. The third kappa shape index (κ3) is 2.45. The van der Waals surface area contributed by atoms with Crippen molar-refractivity contribution in [3.8, 4) is 0 Å². The van der Waals surface area contributed by atoms with Gasteiger partial charge < -0.3 is 15.4 Å². The summed E-state index contributed by atoms with van der Waals surface area (Å²) in [7, 11) is 1.58. The van der Waals surface area contributed by atoms with E-state index in [1.165, 1.54) is 12.4 Å². The molecule has 4 nitrogen and oxygen atoms in total. The Morgan fingerprint density at radius 3 is 2.88 bits per heavy atom. The number of benzene rings is 1. The van der Waals surface area contributed by atoms with E-state index in [4.69, 9.17) is 4.74 Å². The number of nitrogens with one attached hydrogen (secondary N) is 2. The summed E-state index contributed by atoms with van der Waals surface area (Å²) < 4.78 is 18.6. The quantitative estimate of drug-likeness (QED) is 0.843. The van der Waals surface area contributed by atoms with E-state index in [1.807, 2.05) is 6.92 Å². The predicted octanol–water partition coefficient (Wildman–Crippen LogP) is 2.07. The highest BCUT2D eigenvalue weighted by Gasteiger charge is 2.16. The lowest BCUT2D eigenvalue weighted by Gasteiger charge is -2.22. The number of ether oxygens (including phenoxy) is 1. The maximum Gasteiger partial charge on any atom is 0.174 e. The molecule has 1 atom stereocenters. The number of hydrogen-bond donors (Lipinski definition) is 2. The third-order valence-electron chi connectivity index (χ3n) is 2.54. The van der Waals surface area contributed by atoms with Crippen molar-refractivity contribution in [1.29, 1.82) is 0 Å². The van der Waals surface area contributed by atoms with Crippen LogP contribution in [0.5, 0.6) is 0 Å². The molecule has 90 valence electrons. The summed E-state index contributed by atoms with van der Waals surface area (Å²) >= 11 is 0. The van der Waals surface area contributed by atoms with Gasteiger partial charge in [0.15, 0.2) is 6.23 Å². The van der Waals surface area contributed by atoms with Crippen molar-refractivity contribution in [1.82, 2.24) is 5.32 Å². The Hall–Kier alpha value is -1.88. The molecular formula is C12H14FN3O. The maximum absolute atomic E-state index is 13.5. The number of para-hydroxylation sites is 1. The topological polar surface area (TPSA) is 45.6 Å². The van der Waals surface area contributed by atoms with Crippen LogP contribution in [0, 0.1) is 5.82 Å². The molecule has 0 fully saturated rings. The molecule has 0 radical (unpaired) electrons. The molecule has 17 heavy (non-hydrogen) atoms. The number of hydrogen-bond acceptors (Lipinski definition) is 4. The molecule has 0 aliphatic carbocycles. The molecule has 0 aromatic heterocycles. The van der Waals surface area contributed by atoms with Crippen LogP contribution in [0.1, 0.15) is 6.92 Å². The van der Waals surface area contributed by atoms with Gasteiger partial charge in [-0.05, 0) is 19.1 Å². The van der Waals surface area contributed by atoms with Crippen LogP contribution < -0.4 is 10.6 Å². The Kier molecular flexibility index (Phi) is 3.39. The van der Waals surface area contributed by atoms with Crippen molar-refractivity contribution in [2.24, 2.45) is 4.99 Å². The molecule has 1 aliphatic heterocycles. The second-order valence-electron chi connectivity index (χ2n) is 3.67. The zero-order chi connectivity index (χ0) is 12.3. The highest BCUT2D eigenvalue weighted by atomic mass is 19.1. The average molecular weight is 235 g/mol. The van der Waals surface area contributed by atoms with Gasteiger partial charge in [-0.3, -0.25) is 0 Å². The number of anilines is 1. The van der Waals surface area contributed by atoms with Crippen molar-refractivity contribution >= 4 is 12.0 Å². The van der Waals surface area contributed by atoms with Crippen molar-refractivity contribution in [3.63, 3.8) is 0 Å². The zero-order valence-corrected chi connectivity index (χ0v) is 9.70. The standard InChI is InChI=1S/C12H14FN3O/c1-8-11(14-7-15-12(8)17-2)16-10-6-4-3-5-9(10)13/h3-7,12,16H,1-2H3,(H,14,15). The van der Waals surface area contributed by atoms with Gasteiger partial charge in [0, 0.05) is 12.7 Å². The van der Waals surface area contributed by atoms with Gasteiger partial charge in [-0.1, -0.05) is 12.1 Å². The summed E-state index contributed by atoms with van der Waals surface area (Å²) in [4.78, 5) is 4.09. The summed E-state index contributed by atoms with van der Waals surface area (Å²) in [6.45, 7) is 1.88. The second kappa shape index (κ2) is 4.97. The van der Waals surface area contributed by atoms with Gasteiger partial charge in [0.1, 0.15) is 11.6 Å². The third-order valence-corrected chi connectivity index (χ3v) is 2.54. The molecule has 1 aliphatic rings. The molecule has 5 heteroatoms. The number of nitrogens with zero attached hydrogens (tertiary/aromatic N) is 1. The second-order valence-corrected chi connectivity index (χ2v) is 3.67. The normalized spacial score (nSPS) is 19.1. The SMILES string of the molecule is COC1N=CNC(Nc2ccccc2F)=C1C. The van der Waals surface area contributed by atoms with Crippen LogP contribution in [0.2, 0.25) is 0 Å². The fourth-order valence-electron chi connectivity index (χ4n) is 1.59. The van der Waals surface area contributed by atoms with E-state index in [1.54, 1.807) is 25.3 Å². The molecule has 0 bridgehead atoms. The predicted molar refractivity (Wildman–Crippen MR) is 65.1 cm³/mol. The zero-order valence-electron chi connectivity index (χ0n) is 9.70. The Bertz CT molecular complexity index is 471. The Balaban J connectivity index is 2.22. The van der Waals surface area contributed by atoms with Crippen molar-refractivity contribution < 1.29 is 9.13 Å². The Morgan fingerprint density at radius 2 is 2.18 bits per heavy atom. The molecule has 0 spiro atoms. The fourth-order valence-corrected chi connectivity index (χ4v) is 1.59. The number of aliphatic imine (C=N–C) groups is 1. The molecule has 2 N–H and O–H groups in total. The lowest BCUT2D eigenvalue weighted by Crippen LogP contribution is -2.29. The molecular weight excluding hydrogens is 221 g/mol. The summed E-state index contributed by atoms with van der Waals surface area (Å²) in [5.41, 5.74) is 1.29. The van der Waals surface area contributed by atoms with Gasteiger partial charge in [0.2, 0.25) is 0 Å². The van der Waals surface area contributed by atoms with Gasteiger partial charge in [0.25, 0.3) is 0 Å². The van der Waals surface area contributed by atoms with Crippen molar-refractivity contribution in [2.75, 3.05) is 12.4 Å².